The molecule has 1 aliphatic rings. The Balaban J connectivity index is 2.03. The van der Waals surface area contributed by atoms with Crippen LogP contribution >= 0.6 is 0 Å². The van der Waals surface area contributed by atoms with E-state index in [4.69, 9.17) is 4.42 Å². The highest BCUT2D eigenvalue weighted by atomic mass is 16.3. The molecular formula is C14H21NO2. The summed E-state index contributed by atoms with van der Waals surface area (Å²) in [7, 11) is 1.89. The van der Waals surface area contributed by atoms with Crippen molar-refractivity contribution in [3.8, 4) is 0 Å². The highest BCUT2D eigenvalue weighted by molar-refractivity contribution is 5.92. The Hall–Kier alpha value is -1.25. The number of carbonyl (C=O) groups excluding carboxylic acids is 1. The van der Waals surface area contributed by atoms with Crippen LogP contribution in [0.2, 0.25) is 0 Å². The van der Waals surface area contributed by atoms with E-state index < -0.39 is 0 Å². The molecule has 0 N–H and O–H groups in total. The molecule has 3 nitrogen and oxygen atoms in total. The number of nitrogens with zero attached hydrogens (tertiary/aromatic N) is 1. The molecule has 1 amide bonds. The quantitative estimate of drug-likeness (QED) is 0.788. The van der Waals surface area contributed by atoms with Gasteiger partial charge in [0.15, 0.2) is 5.76 Å². The zero-order valence-electron chi connectivity index (χ0n) is 10.9. The van der Waals surface area contributed by atoms with Gasteiger partial charge in [0.2, 0.25) is 0 Å². The van der Waals surface area contributed by atoms with Gasteiger partial charge in [-0.05, 0) is 44.6 Å². The second-order valence-corrected chi connectivity index (χ2v) is 5.26. The third kappa shape index (κ3) is 2.54. The maximum atomic E-state index is 12.2. The predicted molar refractivity (Wildman–Crippen MR) is 67.0 cm³/mol. The predicted octanol–water partition coefficient (Wildman–Crippen LogP) is 3.24. The number of aryl methyl sites for hydroxylation is 1. The van der Waals surface area contributed by atoms with Crippen LogP contribution in [0.15, 0.2) is 16.7 Å². The molecule has 2 rings (SSSR count). The SMILES string of the molecule is Cc1ccoc1C(=O)N(C)C1CCC(C)CC1. The molecule has 1 aromatic rings. The number of hydrogen-bond acceptors (Lipinski definition) is 2. The summed E-state index contributed by atoms with van der Waals surface area (Å²) in [4.78, 5) is 14.1. The Morgan fingerprint density at radius 1 is 1.35 bits per heavy atom. The zero-order chi connectivity index (χ0) is 12.4. The van der Waals surface area contributed by atoms with E-state index in [2.05, 4.69) is 6.92 Å². The lowest BCUT2D eigenvalue weighted by Gasteiger charge is -2.33. The van der Waals surface area contributed by atoms with E-state index in [9.17, 15) is 4.79 Å². The highest BCUT2D eigenvalue weighted by Gasteiger charge is 2.27. The Morgan fingerprint density at radius 2 is 2.00 bits per heavy atom. The Kier molecular flexibility index (Phi) is 3.55. The number of furan rings is 1. The zero-order valence-corrected chi connectivity index (χ0v) is 10.9. The summed E-state index contributed by atoms with van der Waals surface area (Å²) < 4.78 is 5.27. The van der Waals surface area contributed by atoms with E-state index in [0.29, 0.717) is 11.8 Å². The van der Waals surface area contributed by atoms with Crippen LogP contribution in [0.4, 0.5) is 0 Å². The summed E-state index contributed by atoms with van der Waals surface area (Å²) >= 11 is 0. The average Bonchev–Trinajstić information content (AvgIpc) is 2.74. The maximum Gasteiger partial charge on any atom is 0.289 e. The molecule has 0 saturated heterocycles. The van der Waals surface area contributed by atoms with Gasteiger partial charge in [-0.25, -0.2) is 0 Å². The molecule has 0 radical (unpaired) electrons. The van der Waals surface area contributed by atoms with Crippen molar-refractivity contribution in [1.82, 2.24) is 4.90 Å². The van der Waals surface area contributed by atoms with E-state index in [0.717, 1.165) is 24.3 Å². The van der Waals surface area contributed by atoms with Gasteiger partial charge in [-0.3, -0.25) is 4.79 Å². The Labute approximate surface area is 103 Å². The van der Waals surface area contributed by atoms with Crippen molar-refractivity contribution < 1.29 is 9.21 Å². The number of amides is 1. The minimum atomic E-state index is 0.0204. The number of hydrogen-bond donors (Lipinski definition) is 0. The van der Waals surface area contributed by atoms with Crippen LogP contribution < -0.4 is 0 Å². The fourth-order valence-corrected chi connectivity index (χ4v) is 2.55. The lowest BCUT2D eigenvalue weighted by Crippen LogP contribution is -2.39. The van der Waals surface area contributed by atoms with E-state index >= 15 is 0 Å². The lowest BCUT2D eigenvalue weighted by molar-refractivity contribution is 0.0646. The first-order chi connectivity index (χ1) is 8.09. The van der Waals surface area contributed by atoms with Gasteiger partial charge in [-0.1, -0.05) is 6.92 Å². The summed E-state index contributed by atoms with van der Waals surface area (Å²) in [6.07, 6.45) is 6.25. The second kappa shape index (κ2) is 4.94. The Bertz CT molecular complexity index is 389. The van der Waals surface area contributed by atoms with Crippen LogP contribution in [0.3, 0.4) is 0 Å². The van der Waals surface area contributed by atoms with Crippen molar-refractivity contribution >= 4 is 5.91 Å². The molecule has 94 valence electrons. The molecule has 1 heterocycles. The van der Waals surface area contributed by atoms with Gasteiger partial charge in [0, 0.05) is 18.7 Å². The fraction of sp³-hybridized carbons (Fsp3) is 0.643. The molecule has 1 fully saturated rings. The van der Waals surface area contributed by atoms with Crippen LogP contribution in [0.1, 0.15) is 48.7 Å². The molecule has 0 unspecified atom stereocenters. The molecule has 0 spiro atoms. The molecule has 0 aliphatic heterocycles. The molecule has 17 heavy (non-hydrogen) atoms. The van der Waals surface area contributed by atoms with Gasteiger partial charge in [0.05, 0.1) is 6.26 Å². The molecule has 0 bridgehead atoms. The normalized spacial score (nSPS) is 24.6. The van der Waals surface area contributed by atoms with Crippen molar-refractivity contribution in [2.75, 3.05) is 7.05 Å². The summed E-state index contributed by atoms with van der Waals surface area (Å²) in [6.45, 7) is 4.20. The first-order valence-electron chi connectivity index (χ1n) is 6.41. The van der Waals surface area contributed by atoms with Crippen LogP contribution in [-0.4, -0.2) is 23.9 Å². The minimum absolute atomic E-state index is 0.0204. The van der Waals surface area contributed by atoms with Crippen molar-refractivity contribution in [3.05, 3.63) is 23.7 Å². The molecule has 0 atom stereocenters. The summed E-state index contributed by atoms with van der Waals surface area (Å²) in [6, 6.07) is 2.22. The van der Waals surface area contributed by atoms with E-state index in [-0.39, 0.29) is 5.91 Å². The van der Waals surface area contributed by atoms with Crippen molar-refractivity contribution in [2.45, 2.75) is 45.6 Å². The van der Waals surface area contributed by atoms with E-state index in [1.54, 1.807) is 6.26 Å². The summed E-state index contributed by atoms with van der Waals surface area (Å²) in [5.41, 5.74) is 0.922. The van der Waals surface area contributed by atoms with Gasteiger partial charge in [-0.15, -0.1) is 0 Å². The van der Waals surface area contributed by atoms with Gasteiger partial charge in [0.25, 0.3) is 5.91 Å². The summed E-state index contributed by atoms with van der Waals surface area (Å²) in [5, 5.41) is 0. The molecule has 1 aliphatic carbocycles. The first kappa shape index (κ1) is 12.2. The fourth-order valence-electron chi connectivity index (χ4n) is 2.55. The third-order valence-corrected chi connectivity index (χ3v) is 3.91. The van der Waals surface area contributed by atoms with E-state index in [1.807, 2.05) is 24.9 Å². The molecule has 0 aromatic carbocycles. The third-order valence-electron chi connectivity index (χ3n) is 3.91. The van der Waals surface area contributed by atoms with Crippen molar-refractivity contribution in [2.24, 2.45) is 5.92 Å². The first-order valence-corrected chi connectivity index (χ1v) is 6.41. The topological polar surface area (TPSA) is 33.5 Å². The summed E-state index contributed by atoms with van der Waals surface area (Å²) in [5.74, 6) is 1.32. The largest absolute Gasteiger partial charge is 0.459 e. The van der Waals surface area contributed by atoms with Crippen molar-refractivity contribution in [1.29, 1.82) is 0 Å². The van der Waals surface area contributed by atoms with Crippen LogP contribution in [0, 0.1) is 12.8 Å². The van der Waals surface area contributed by atoms with Gasteiger partial charge in [-0.2, -0.15) is 0 Å². The van der Waals surface area contributed by atoms with Gasteiger partial charge < -0.3 is 9.32 Å². The Morgan fingerprint density at radius 3 is 2.53 bits per heavy atom. The lowest BCUT2D eigenvalue weighted by atomic mass is 9.86. The van der Waals surface area contributed by atoms with Crippen LogP contribution in [0.25, 0.3) is 0 Å². The van der Waals surface area contributed by atoms with Crippen LogP contribution in [-0.2, 0) is 0 Å². The average molecular weight is 235 g/mol. The second-order valence-electron chi connectivity index (χ2n) is 5.26. The van der Waals surface area contributed by atoms with Crippen LogP contribution in [0.5, 0.6) is 0 Å². The van der Waals surface area contributed by atoms with Gasteiger partial charge >= 0.3 is 0 Å². The molecule has 1 aromatic heterocycles. The number of carbonyl (C=O) groups is 1. The smallest absolute Gasteiger partial charge is 0.289 e. The van der Waals surface area contributed by atoms with Crippen molar-refractivity contribution in [3.63, 3.8) is 0 Å². The minimum Gasteiger partial charge on any atom is -0.459 e. The molecule has 1 saturated carbocycles. The highest BCUT2D eigenvalue weighted by Crippen LogP contribution is 2.27. The van der Waals surface area contributed by atoms with Gasteiger partial charge in [0.1, 0.15) is 0 Å². The molecule has 3 heteroatoms. The molecular weight excluding hydrogens is 214 g/mol. The number of rotatable bonds is 2. The van der Waals surface area contributed by atoms with E-state index in [1.165, 1.54) is 12.8 Å². The maximum absolute atomic E-state index is 12.2. The monoisotopic (exact) mass is 235 g/mol. The standard InChI is InChI=1S/C14H21NO2/c1-10-4-6-12(7-5-10)15(3)14(16)13-11(2)8-9-17-13/h8-10,12H,4-7H2,1-3H3.